The third-order valence-electron chi connectivity index (χ3n) is 16.5. The van der Waals surface area contributed by atoms with Crippen molar-refractivity contribution < 1.29 is 28.6 Å². The molecular formula is C77H140O6. The average molecular weight is 1160 g/mol. The Hall–Kier alpha value is -2.89. The molecule has 484 valence electrons. The summed E-state index contributed by atoms with van der Waals surface area (Å²) in [4.78, 5) is 38.4. The first-order valence-electron chi connectivity index (χ1n) is 36.8. The Kier molecular flexibility index (Phi) is 69.1. The Morgan fingerprint density at radius 3 is 0.747 bits per heavy atom. The summed E-state index contributed by atoms with van der Waals surface area (Å²) in [5, 5.41) is 0. The predicted molar refractivity (Wildman–Crippen MR) is 362 cm³/mol. The first-order chi connectivity index (χ1) is 41.0. The Labute approximate surface area is 517 Å². The molecule has 0 aromatic heterocycles. The molecule has 0 aliphatic carbocycles. The molecule has 0 saturated heterocycles. The number of hydrogen-bond donors (Lipinski definition) is 0. The van der Waals surface area contributed by atoms with E-state index in [1.165, 1.54) is 263 Å². The van der Waals surface area contributed by atoms with Crippen molar-refractivity contribution in [1.29, 1.82) is 0 Å². The highest BCUT2D eigenvalue weighted by Crippen LogP contribution is 2.19. The van der Waals surface area contributed by atoms with Gasteiger partial charge in [0.25, 0.3) is 0 Å². The maximum Gasteiger partial charge on any atom is 0.306 e. The van der Waals surface area contributed by atoms with Gasteiger partial charge in [0, 0.05) is 19.3 Å². The first kappa shape index (κ1) is 80.1. The zero-order chi connectivity index (χ0) is 59.9. The van der Waals surface area contributed by atoms with Gasteiger partial charge in [-0.25, -0.2) is 0 Å². The fourth-order valence-electron chi connectivity index (χ4n) is 11.0. The quantitative estimate of drug-likeness (QED) is 0.0261. The van der Waals surface area contributed by atoms with Crippen LogP contribution in [0.15, 0.2) is 60.8 Å². The third kappa shape index (κ3) is 69.8. The van der Waals surface area contributed by atoms with Crippen LogP contribution in [0.5, 0.6) is 0 Å². The number of allylic oxidation sites excluding steroid dienone is 10. The van der Waals surface area contributed by atoms with Gasteiger partial charge < -0.3 is 14.2 Å². The Morgan fingerprint density at radius 2 is 0.470 bits per heavy atom. The van der Waals surface area contributed by atoms with E-state index in [2.05, 4.69) is 81.5 Å². The van der Waals surface area contributed by atoms with E-state index in [0.29, 0.717) is 19.3 Å². The van der Waals surface area contributed by atoms with E-state index in [-0.39, 0.29) is 31.1 Å². The minimum Gasteiger partial charge on any atom is -0.462 e. The van der Waals surface area contributed by atoms with Gasteiger partial charge in [0.2, 0.25) is 0 Å². The van der Waals surface area contributed by atoms with Gasteiger partial charge in [0.1, 0.15) is 13.2 Å². The lowest BCUT2D eigenvalue weighted by atomic mass is 10.0. The Morgan fingerprint density at radius 1 is 0.253 bits per heavy atom. The van der Waals surface area contributed by atoms with Crippen molar-refractivity contribution in [3.8, 4) is 0 Å². The van der Waals surface area contributed by atoms with Crippen LogP contribution >= 0.6 is 0 Å². The molecule has 0 aliphatic heterocycles. The van der Waals surface area contributed by atoms with Crippen LogP contribution < -0.4 is 0 Å². The highest BCUT2D eigenvalue weighted by molar-refractivity contribution is 5.71. The highest BCUT2D eigenvalue weighted by Gasteiger charge is 2.19. The fourth-order valence-corrected chi connectivity index (χ4v) is 11.0. The van der Waals surface area contributed by atoms with E-state index in [9.17, 15) is 14.4 Å². The zero-order valence-electron chi connectivity index (χ0n) is 55.7. The first-order valence-corrected chi connectivity index (χ1v) is 36.8. The van der Waals surface area contributed by atoms with Gasteiger partial charge in [-0.3, -0.25) is 14.4 Å². The maximum absolute atomic E-state index is 13.0. The van der Waals surface area contributed by atoms with E-state index in [4.69, 9.17) is 14.2 Å². The van der Waals surface area contributed by atoms with Gasteiger partial charge in [-0.2, -0.15) is 0 Å². The molecule has 0 N–H and O–H groups in total. The lowest BCUT2D eigenvalue weighted by Gasteiger charge is -2.18. The number of rotatable bonds is 68. The van der Waals surface area contributed by atoms with Crippen LogP contribution in [0.4, 0.5) is 0 Å². The molecule has 0 fully saturated rings. The lowest BCUT2D eigenvalue weighted by molar-refractivity contribution is -0.167. The molecular weight excluding hydrogens is 1020 g/mol. The summed E-state index contributed by atoms with van der Waals surface area (Å²) in [5.41, 5.74) is 0. The van der Waals surface area contributed by atoms with E-state index in [1.54, 1.807) is 0 Å². The van der Waals surface area contributed by atoms with Crippen molar-refractivity contribution in [2.45, 2.75) is 399 Å². The number of unbranched alkanes of at least 4 members (excludes halogenated alkanes) is 47. The molecule has 0 radical (unpaired) electrons. The van der Waals surface area contributed by atoms with Gasteiger partial charge in [-0.1, -0.05) is 351 Å². The number of carbonyl (C=O) groups excluding carboxylic acids is 3. The molecule has 0 spiro atoms. The normalized spacial score (nSPS) is 12.4. The molecule has 6 heteroatoms. The number of hydrogen-bond acceptors (Lipinski definition) is 6. The van der Waals surface area contributed by atoms with Crippen molar-refractivity contribution in [3.63, 3.8) is 0 Å². The maximum atomic E-state index is 13.0. The number of carbonyl (C=O) groups is 3. The van der Waals surface area contributed by atoms with Crippen molar-refractivity contribution in [2.75, 3.05) is 13.2 Å². The van der Waals surface area contributed by atoms with Crippen molar-refractivity contribution in [2.24, 2.45) is 0 Å². The topological polar surface area (TPSA) is 78.9 Å². The second-order valence-electron chi connectivity index (χ2n) is 24.8. The van der Waals surface area contributed by atoms with Crippen LogP contribution in [0.2, 0.25) is 0 Å². The number of esters is 3. The minimum absolute atomic E-state index is 0.0798. The molecule has 0 aliphatic rings. The standard InChI is InChI=1S/C77H140O6/c1-4-7-10-13-16-19-22-25-27-29-31-33-35-37-38-40-41-43-45-47-49-52-55-58-61-64-67-70-76(79)82-73-74(72-81-75(78)69-66-63-60-57-54-51-24-21-18-15-12-9-6-3)83-77(80)71-68-65-62-59-56-53-50-48-46-44-42-39-36-34-32-30-28-26-23-20-17-14-11-8-5-2/h9,12,18,21,23,26,30,32,51,54,74H,4-8,10-11,13-17,19-20,22,24-25,27-29,31,33-50,52-53,55-73H2,1-3H3/b12-9-,21-18-,26-23-,32-30-,54-51-. The van der Waals surface area contributed by atoms with E-state index < -0.39 is 6.10 Å². The van der Waals surface area contributed by atoms with Crippen molar-refractivity contribution >= 4 is 17.9 Å². The molecule has 83 heavy (non-hydrogen) atoms. The number of ether oxygens (including phenoxy) is 3. The summed E-state index contributed by atoms with van der Waals surface area (Å²) in [6, 6.07) is 0. The van der Waals surface area contributed by atoms with Gasteiger partial charge in [-0.15, -0.1) is 0 Å². The van der Waals surface area contributed by atoms with Gasteiger partial charge in [-0.05, 0) is 83.5 Å². The molecule has 0 amide bonds. The van der Waals surface area contributed by atoms with Crippen LogP contribution in [0.3, 0.4) is 0 Å². The van der Waals surface area contributed by atoms with E-state index in [0.717, 1.165) is 89.9 Å². The summed E-state index contributed by atoms with van der Waals surface area (Å²) in [5.74, 6) is -0.887. The second-order valence-corrected chi connectivity index (χ2v) is 24.8. The Bertz CT molecular complexity index is 1470. The molecule has 0 bridgehead atoms. The van der Waals surface area contributed by atoms with Crippen LogP contribution in [0.1, 0.15) is 393 Å². The zero-order valence-corrected chi connectivity index (χ0v) is 55.7. The van der Waals surface area contributed by atoms with E-state index >= 15 is 0 Å². The summed E-state index contributed by atoms with van der Waals surface area (Å²) >= 11 is 0. The fraction of sp³-hybridized carbons (Fsp3) is 0.831. The molecule has 1 unspecified atom stereocenters. The van der Waals surface area contributed by atoms with Crippen LogP contribution in [0, 0.1) is 0 Å². The monoisotopic (exact) mass is 1160 g/mol. The molecule has 6 nitrogen and oxygen atoms in total. The average Bonchev–Trinajstić information content (AvgIpc) is 3.49. The molecule has 0 aromatic carbocycles. The third-order valence-corrected chi connectivity index (χ3v) is 16.5. The molecule has 0 aromatic rings. The minimum atomic E-state index is -0.787. The largest absolute Gasteiger partial charge is 0.462 e. The summed E-state index contributed by atoms with van der Waals surface area (Å²) in [6.45, 7) is 6.56. The molecule has 0 saturated carbocycles. The van der Waals surface area contributed by atoms with Gasteiger partial charge in [0.05, 0.1) is 0 Å². The second kappa shape index (κ2) is 71.6. The van der Waals surface area contributed by atoms with Crippen molar-refractivity contribution in [3.05, 3.63) is 60.8 Å². The van der Waals surface area contributed by atoms with Crippen LogP contribution in [-0.4, -0.2) is 37.2 Å². The SMILES string of the molecule is CC/C=C\C/C=C\C/C=C\CCCCCC(=O)OCC(COC(=O)CCCCCCCCCCCCCCCCCCCCCCCCCCCCC)OC(=O)CCCCCCCCCCCCCCC/C=C\C/C=C\CCCCCCC. The molecule has 0 rings (SSSR count). The summed E-state index contributed by atoms with van der Waals surface area (Å²) in [6.07, 6.45) is 92.7. The smallest absolute Gasteiger partial charge is 0.306 e. The summed E-state index contributed by atoms with van der Waals surface area (Å²) < 4.78 is 17.0. The van der Waals surface area contributed by atoms with E-state index in [1.807, 2.05) is 0 Å². The highest BCUT2D eigenvalue weighted by atomic mass is 16.6. The Balaban J connectivity index is 4.22. The van der Waals surface area contributed by atoms with Crippen LogP contribution in [0.25, 0.3) is 0 Å². The van der Waals surface area contributed by atoms with Crippen molar-refractivity contribution in [1.82, 2.24) is 0 Å². The van der Waals surface area contributed by atoms with Gasteiger partial charge in [0.15, 0.2) is 6.10 Å². The van der Waals surface area contributed by atoms with Gasteiger partial charge >= 0.3 is 17.9 Å². The predicted octanol–water partition coefficient (Wildman–Crippen LogP) is 25.5. The summed E-state index contributed by atoms with van der Waals surface area (Å²) in [7, 11) is 0. The van der Waals surface area contributed by atoms with Crippen LogP contribution in [-0.2, 0) is 28.6 Å². The lowest BCUT2D eigenvalue weighted by Crippen LogP contribution is -2.30. The molecule has 0 heterocycles. The molecule has 1 atom stereocenters.